The van der Waals surface area contributed by atoms with Gasteiger partial charge in [-0.15, -0.1) is 0 Å². The summed E-state index contributed by atoms with van der Waals surface area (Å²) < 4.78 is 1.30. The molecule has 6 nitrogen and oxygen atoms in total. The Hall–Kier alpha value is -1.95. The van der Waals surface area contributed by atoms with Crippen molar-refractivity contribution in [3.05, 3.63) is 50.9 Å². The van der Waals surface area contributed by atoms with Gasteiger partial charge in [0.05, 0.1) is 11.1 Å². The number of hydrogen-bond donors (Lipinski definition) is 1. The van der Waals surface area contributed by atoms with Gasteiger partial charge in [0.25, 0.3) is 11.2 Å². The van der Waals surface area contributed by atoms with E-state index in [0.29, 0.717) is 6.54 Å². The van der Waals surface area contributed by atoms with Gasteiger partial charge in [-0.2, -0.15) is 0 Å². The van der Waals surface area contributed by atoms with Crippen molar-refractivity contribution in [3.63, 3.8) is 0 Å². The van der Waals surface area contributed by atoms with Gasteiger partial charge in [0.2, 0.25) is 0 Å². The highest BCUT2D eigenvalue weighted by molar-refractivity contribution is 5.25. The molecule has 1 rings (SSSR count). The van der Waals surface area contributed by atoms with Crippen molar-refractivity contribution in [1.29, 1.82) is 0 Å². The van der Waals surface area contributed by atoms with E-state index in [-0.39, 0.29) is 23.3 Å². The van der Waals surface area contributed by atoms with E-state index >= 15 is 0 Å². The Morgan fingerprint density at radius 3 is 2.63 bits per heavy atom. The third-order valence-corrected chi connectivity index (χ3v) is 2.44. The number of aromatic nitrogens is 1. The normalized spacial score (nSPS) is 11.3. The van der Waals surface area contributed by atoms with Crippen LogP contribution in [0.1, 0.15) is 20.8 Å². The van der Waals surface area contributed by atoms with Gasteiger partial charge in [0.15, 0.2) is 0 Å². The fraction of sp³-hybridized carbons (Fsp3) is 0.462. The third-order valence-electron chi connectivity index (χ3n) is 2.44. The maximum atomic E-state index is 11.6. The molecule has 0 atom stereocenters. The quantitative estimate of drug-likeness (QED) is 0.499. The average Bonchev–Trinajstić information content (AvgIpc) is 2.28. The minimum Gasteiger partial charge on any atom is -0.308 e. The van der Waals surface area contributed by atoms with E-state index in [0.717, 1.165) is 5.57 Å². The number of nitrogens with zero attached hydrogens (tertiary/aromatic N) is 2. The van der Waals surface area contributed by atoms with Crippen LogP contribution in [0.25, 0.3) is 0 Å². The fourth-order valence-corrected chi connectivity index (χ4v) is 1.44. The van der Waals surface area contributed by atoms with Crippen LogP contribution in [-0.4, -0.2) is 21.6 Å². The highest BCUT2D eigenvalue weighted by atomic mass is 16.6. The molecule has 0 fully saturated rings. The first-order valence-electron chi connectivity index (χ1n) is 5.95. The molecule has 0 aliphatic rings. The summed E-state index contributed by atoms with van der Waals surface area (Å²) in [5.41, 5.74) is 0.368. The molecule has 0 aliphatic heterocycles. The minimum atomic E-state index is -0.522. The Morgan fingerprint density at radius 1 is 1.47 bits per heavy atom. The van der Waals surface area contributed by atoms with Crippen molar-refractivity contribution in [1.82, 2.24) is 9.88 Å². The Bertz CT molecular complexity index is 541. The van der Waals surface area contributed by atoms with Gasteiger partial charge >= 0.3 is 0 Å². The van der Waals surface area contributed by atoms with E-state index in [2.05, 4.69) is 11.9 Å². The van der Waals surface area contributed by atoms with E-state index in [1.54, 1.807) is 0 Å². The Balaban J connectivity index is 2.76. The van der Waals surface area contributed by atoms with Crippen molar-refractivity contribution < 1.29 is 4.92 Å². The maximum Gasteiger partial charge on any atom is 0.285 e. The molecule has 104 valence electrons. The minimum absolute atomic E-state index is 0.0451. The Labute approximate surface area is 111 Å². The number of pyridine rings is 1. The summed E-state index contributed by atoms with van der Waals surface area (Å²) in [4.78, 5) is 21.8. The molecule has 19 heavy (non-hydrogen) atoms. The molecule has 0 spiro atoms. The monoisotopic (exact) mass is 265 g/mol. The second-order valence-corrected chi connectivity index (χ2v) is 5.46. The predicted molar refractivity (Wildman–Crippen MR) is 74.3 cm³/mol. The van der Waals surface area contributed by atoms with E-state index in [9.17, 15) is 14.9 Å². The summed E-state index contributed by atoms with van der Waals surface area (Å²) in [5.74, 6) is 0. The topological polar surface area (TPSA) is 77.2 Å². The summed E-state index contributed by atoms with van der Waals surface area (Å²) in [6, 6.07) is 2.40. The highest BCUT2D eigenvalue weighted by Gasteiger charge is 2.11. The molecule has 0 saturated heterocycles. The van der Waals surface area contributed by atoms with Crippen molar-refractivity contribution >= 4 is 5.69 Å². The van der Waals surface area contributed by atoms with Crippen LogP contribution < -0.4 is 10.9 Å². The molecule has 1 aromatic rings. The zero-order chi connectivity index (χ0) is 14.6. The fourth-order valence-electron chi connectivity index (χ4n) is 1.44. The predicted octanol–water partition coefficient (Wildman–Crippen LogP) is 1.70. The van der Waals surface area contributed by atoms with Crippen molar-refractivity contribution in [2.75, 3.05) is 6.54 Å². The summed E-state index contributed by atoms with van der Waals surface area (Å²) in [5, 5.41) is 13.9. The summed E-state index contributed by atoms with van der Waals surface area (Å²) >= 11 is 0. The zero-order valence-corrected chi connectivity index (χ0v) is 11.5. The SMILES string of the molecule is C=C(CNC(C)(C)C)Cn1cc([N+](=O)[O-])ccc1=O. The Morgan fingerprint density at radius 2 is 2.11 bits per heavy atom. The zero-order valence-electron chi connectivity index (χ0n) is 11.5. The Kier molecular flexibility index (Phi) is 4.61. The van der Waals surface area contributed by atoms with Crippen LogP contribution in [0, 0.1) is 10.1 Å². The second-order valence-electron chi connectivity index (χ2n) is 5.46. The van der Waals surface area contributed by atoms with E-state index in [1.807, 2.05) is 20.8 Å². The molecule has 0 saturated carbocycles. The summed E-state index contributed by atoms with van der Waals surface area (Å²) in [7, 11) is 0. The van der Waals surface area contributed by atoms with Crippen LogP contribution in [0.3, 0.4) is 0 Å². The van der Waals surface area contributed by atoms with Gasteiger partial charge in [-0.1, -0.05) is 6.58 Å². The smallest absolute Gasteiger partial charge is 0.285 e. The average molecular weight is 265 g/mol. The molecule has 0 aromatic carbocycles. The molecule has 0 radical (unpaired) electrons. The lowest BCUT2D eigenvalue weighted by Gasteiger charge is -2.21. The van der Waals surface area contributed by atoms with Crippen LogP contribution in [-0.2, 0) is 6.54 Å². The number of rotatable bonds is 5. The van der Waals surface area contributed by atoms with E-state index in [1.165, 1.54) is 22.9 Å². The van der Waals surface area contributed by atoms with Crippen molar-refractivity contribution in [3.8, 4) is 0 Å². The van der Waals surface area contributed by atoms with Gasteiger partial charge < -0.3 is 9.88 Å². The molecule has 1 aromatic heterocycles. The highest BCUT2D eigenvalue weighted by Crippen LogP contribution is 2.08. The van der Waals surface area contributed by atoms with Crippen molar-refractivity contribution in [2.45, 2.75) is 32.9 Å². The first-order valence-corrected chi connectivity index (χ1v) is 5.95. The van der Waals surface area contributed by atoms with Gasteiger partial charge in [-0.3, -0.25) is 14.9 Å². The lowest BCUT2D eigenvalue weighted by atomic mass is 10.1. The summed E-state index contributed by atoms with van der Waals surface area (Å²) in [6.45, 7) is 10.8. The van der Waals surface area contributed by atoms with Crippen LogP contribution >= 0.6 is 0 Å². The van der Waals surface area contributed by atoms with Crippen molar-refractivity contribution in [2.24, 2.45) is 0 Å². The lowest BCUT2D eigenvalue weighted by Crippen LogP contribution is -2.37. The van der Waals surface area contributed by atoms with Gasteiger partial charge in [-0.05, 0) is 26.3 Å². The van der Waals surface area contributed by atoms with Gasteiger partial charge in [0, 0.05) is 30.8 Å². The molecule has 6 heteroatoms. The first-order chi connectivity index (χ1) is 8.69. The van der Waals surface area contributed by atoms with Gasteiger partial charge in [0.1, 0.15) is 0 Å². The standard InChI is InChI=1S/C13H19N3O3/c1-10(7-14-13(2,3)4)8-15-9-11(16(18)19)5-6-12(15)17/h5-6,9,14H,1,7-8H2,2-4H3. The van der Waals surface area contributed by atoms with Crippen LogP contribution in [0.2, 0.25) is 0 Å². The summed E-state index contributed by atoms with van der Waals surface area (Å²) in [6.07, 6.45) is 1.24. The van der Waals surface area contributed by atoms with E-state index in [4.69, 9.17) is 0 Å². The van der Waals surface area contributed by atoms with Crippen LogP contribution in [0.4, 0.5) is 5.69 Å². The van der Waals surface area contributed by atoms with Gasteiger partial charge in [-0.25, -0.2) is 0 Å². The number of hydrogen-bond acceptors (Lipinski definition) is 4. The van der Waals surface area contributed by atoms with Crippen LogP contribution in [0.15, 0.2) is 35.3 Å². The third kappa shape index (κ3) is 5.05. The molecule has 0 amide bonds. The molecular weight excluding hydrogens is 246 g/mol. The number of nitrogens with one attached hydrogen (secondary N) is 1. The molecule has 0 unspecified atom stereocenters. The lowest BCUT2D eigenvalue weighted by molar-refractivity contribution is -0.385. The molecular formula is C13H19N3O3. The number of nitro groups is 1. The first kappa shape index (κ1) is 15.1. The van der Waals surface area contributed by atoms with E-state index < -0.39 is 4.92 Å². The molecule has 1 N–H and O–H groups in total. The molecule has 1 heterocycles. The largest absolute Gasteiger partial charge is 0.308 e. The second kappa shape index (κ2) is 5.79. The maximum absolute atomic E-state index is 11.6. The molecule has 0 aliphatic carbocycles. The van der Waals surface area contributed by atoms with Crippen LogP contribution in [0.5, 0.6) is 0 Å². The molecule has 0 bridgehead atoms.